The number of phosphoric ester groups is 1. The molecule has 0 rings (SSSR count). The minimum Gasteiger partial charge on any atom is -0.756 e. The number of hydrogen-bond donors (Lipinski definition) is 1. The standard InChI is InChI=1S/C68H129N2O7P/c1-7-10-13-16-19-22-25-28-30-31-32-33-34-35-36-37-38-39-40-42-45-48-51-54-57-60-67(71)69-65(64-76-78(73,74)75-63-62-70(4,5)6)66(59-56-53-50-47-44-41-27-24-21-18-15-12-9-3)77-68(72)61-58-55-52-49-46-43-29-26-23-20-17-14-11-8-2/h11,14,20,23,28,30,56,59,65-66H,7-10,12-13,15-19,21-22,24-27,29,31-55,57-58,60-64H2,1-6H3,(H-,69,71,73,74)/b14-11+,23-20+,30-28+,59-56-. The molecule has 1 N–H and O–H groups in total. The average Bonchev–Trinajstić information content (AvgIpc) is 3.40. The first kappa shape index (κ1) is 76.0. The van der Waals surface area contributed by atoms with Gasteiger partial charge in [-0.3, -0.25) is 14.2 Å². The number of unbranched alkanes of at least 4 members (excludes halogenated alkanes) is 39. The van der Waals surface area contributed by atoms with Crippen LogP contribution in [0.3, 0.4) is 0 Å². The third kappa shape index (κ3) is 58.6. The molecule has 0 heterocycles. The van der Waals surface area contributed by atoms with Crippen molar-refractivity contribution < 1.29 is 37.3 Å². The van der Waals surface area contributed by atoms with Gasteiger partial charge in [0.05, 0.1) is 33.8 Å². The lowest BCUT2D eigenvalue weighted by atomic mass is 10.0. The molecule has 0 fully saturated rings. The Morgan fingerprint density at radius 1 is 0.462 bits per heavy atom. The van der Waals surface area contributed by atoms with Crippen molar-refractivity contribution >= 4 is 19.7 Å². The van der Waals surface area contributed by atoms with Crippen LogP contribution in [0.1, 0.15) is 323 Å². The molecule has 0 aromatic heterocycles. The molecule has 0 saturated heterocycles. The third-order valence-corrected chi connectivity index (χ3v) is 16.0. The van der Waals surface area contributed by atoms with Gasteiger partial charge in [-0.25, -0.2) is 0 Å². The lowest BCUT2D eigenvalue weighted by Gasteiger charge is -2.30. The van der Waals surface area contributed by atoms with Crippen molar-refractivity contribution in [3.05, 3.63) is 48.6 Å². The lowest BCUT2D eigenvalue weighted by Crippen LogP contribution is -2.47. The first-order valence-electron chi connectivity index (χ1n) is 33.4. The molecular formula is C68H129N2O7P. The highest BCUT2D eigenvalue weighted by Crippen LogP contribution is 2.38. The van der Waals surface area contributed by atoms with Gasteiger partial charge in [-0.15, -0.1) is 0 Å². The fraction of sp³-hybridized carbons (Fsp3) is 0.853. The Labute approximate surface area is 484 Å². The average molecular weight is 1120 g/mol. The van der Waals surface area contributed by atoms with Gasteiger partial charge < -0.3 is 28.5 Å². The van der Waals surface area contributed by atoms with E-state index in [1.54, 1.807) is 0 Å². The second kappa shape index (κ2) is 58.2. The molecule has 0 saturated carbocycles. The van der Waals surface area contributed by atoms with E-state index in [9.17, 15) is 19.0 Å². The second-order valence-electron chi connectivity index (χ2n) is 23.9. The van der Waals surface area contributed by atoms with Gasteiger partial charge in [-0.2, -0.15) is 0 Å². The third-order valence-electron chi connectivity index (χ3n) is 15.0. The Morgan fingerprint density at radius 3 is 1.23 bits per heavy atom. The summed E-state index contributed by atoms with van der Waals surface area (Å²) in [6.45, 7) is 6.77. The quantitative estimate of drug-likeness (QED) is 0.0212. The van der Waals surface area contributed by atoms with Gasteiger partial charge in [0.1, 0.15) is 19.3 Å². The summed E-state index contributed by atoms with van der Waals surface area (Å²) in [5.41, 5.74) is 0. The number of amides is 1. The maximum absolute atomic E-state index is 13.6. The highest BCUT2D eigenvalue weighted by atomic mass is 31.2. The number of carbonyl (C=O) groups is 2. The molecule has 3 atom stereocenters. The molecule has 0 spiro atoms. The maximum atomic E-state index is 13.6. The van der Waals surface area contributed by atoms with Gasteiger partial charge in [0, 0.05) is 12.8 Å². The molecule has 9 nitrogen and oxygen atoms in total. The summed E-state index contributed by atoms with van der Waals surface area (Å²) in [6.07, 6.45) is 72.3. The Hall–Kier alpha value is -2.03. The largest absolute Gasteiger partial charge is 0.756 e. The highest BCUT2D eigenvalue weighted by Gasteiger charge is 2.27. The Morgan fingerprint density at radius 2 is 0.821 bits per heavy atom. The van der Waals surface area contributed by atoms with Gasteiger partial charge in [0.25, 0.3) is 7.82 Å². The van der Waals surface area contributed by atoms with Crippen LogP contribution in [0, 0.1) is 0 Å². The number of likely N-dealkylation sites (N-methyl/N-ethyl adjacent to an activating group) is 1. The number of carbonyl (C=O) groups excluding carboxylic acids is 2. The molecule has 0 aromatic carbocycles. The summed E-state index contributed by atoms with van der Waals surface area (Å²) in [7, 11) is 1.19. The molecular weight excluding hydrogens is 988 g/mol. The monoisotopic (exact) mass is 1120 g/mol. The molecule has 0 radical (unpaired) electrons. The van der Waals surface area contributed by atoms with E-state index >= 15 is 0 Å². The zero-order valence-electron chi connectivity index (χ0n) is 52.4. The Kier molecular flexibility index (Phi) is 56.7. The highest BCUT2D eigenvalue weighted by molar-refractivity contribution is 7.45. The van der Waals surface area contributed by atoms with Gasteiger partial charge in [0.15, 0.2) is 0 Å². The summed E-state index contributed by atoms with van der Waals surface area (Å²) in [5, 5.41) is 3.04. The van der Waals surface area contributed by atoms with Crippen LogP contribution < -0.4 is 10.2 Å². The summed E-state index contributed by atoms with van der Waals surface area (Å²) in [6, 6.07) is -0.890. The van der Waals surface area contributed by atoms with Crippen LogP contribution in [-0.2, 0) is 27.9 Å². The Balaban J connectivity index is 5.07. The fourth-order valence-electron chi connectivity index (χ4n) is 9.85. The van der Waals surface area contributed by atoms with Crippen LogP contribution in [0.25, 0.3) is 0 Å². The summed E-state index contributed by atoms with van der Waals surface area (Å²) < 4.78 is 30.4. The van der Waals surface area contributed by atoms with Gasteiger partial charge in [-0.05, 0) is 83.1 Å². The van der Waals surface area contributed by atoms with E-state index < -0.39 is 20.0 Å². The molecule has 10 heteroatoms. The summed E-state index contributed by atoms with van der Waals surface area (Å²) >= 11 is 0. The van der Waals surface area contributed by atoms with Crippen molar-refractivity contribution in [2.75, 3.05) is 40.9 Å². The van der Waals surface area contributed by atoms with Crippen molar-refractivity contribution in [1.29, 1.82) is 0 Å². The van der Waals surface area contributed by atoms with E-state index in [0.717, 1.165) is 83.5 Å². The van der Waals surface area contributed by atoms with Crippen LogP contribution in [0.4, 0.5) is 0 Å². The lowest BCUT2D eigenvalue weighted by molar-refractivity contribution is -0.870. The molecule has 78 heavy (non-hydrogen) atoms. The van der Waals surface area contributed by atoms with Crippen molar-refractivity contribution in [3.8, 4) is 0 Å². The topological polar surface area (TPSA) is 114 Å². The van der Waals surface area contributed by atoms with E-state index in [2.05, 4.69) is 62.5 Å². The number of esters is 1. The predicted octanol–water partition coefficient (Wildman–Crippen LogP) is 20.2. The number of rotatable bonds is 61. The van der Waals surface area contributed by atoms with E-state index in [-0.39, 0.29) is 31.5 Å². The van der Waals surface area contributed by atoms with Crippen LogP contribution in [0.15, 0.2) is 48.6 Å². The normalized spacial score (nSPS) is 13.9. The molecule has 0 aliphatic rings. The summed E-state index contributed by atoms with van der Waals surface area (Å²) in [5.74, 6) is -0.538. The zero-order chi connectivity index (χ0) is 57.2. The van der Waals surface area contributed by atoms with Crippen LogP contribution in [-0.4, -0.2) is 69.4 Å². The number of quaternary nitrogens is 1. The number of ether oxygens (including phenoxy) is 1. The summed E-state index contributed by atoms with van der Waals surface area (Å²) in [4.78, 5) is 40.1. The second-order valence-corrected chi connectivity index (χ2v) is 25.4. The van der Waals surface area contributed by atoms with E-state index in [0.29, 0.717) is 17.4 Å². The number of nitrogens with zero attached hydrogens (tertiary/aromatic N) is 1. The van der Waals surface area contributed by atoms with E-state index in [1.807, 2.05) is 33.3 Å². The number of phosphoric acid groups is 1. The smallest absolute Gasteiger partial charge is 0.306 e. The molecule has 0 aliphatic carbocycles. The van der Waals surface area contributed by atoms with Crippen molar-refractivity contribution in [3.63, 3.8) is 0 Å². The van der Waals surface area contributed by atoms with Crippen LogP contribution >= 0.6 is 7.82 Å². The van der Waals surface area contributed by atoms with Crippen molar-refractivity contribution in [1.82, 2.24) is 5.32 Å². The maximum Gasteiger partial charge on any atom is 0.306 e. The minimum absolute atomic E-state index is 0.0225. The van der Waals surface area contributed by atoms with E-state index in [4.69, 9.17) is 13.8 Å². The molecule has 0 aromatic rings. The van der Waals surface area contributed by atoms with Crippen molar-refractivity contribution in [2.45, 2.75) is 335 Å². The molecule has 458 valence electrons. The first-order valence-corrected chi connectivity index (χ1v) is 34.9. The van der Waals surface area contributed by atoms with Gasteiger partial charge >= 0.3 is 5.97 Å². The van der Waals surface area contributed by atoms with Gasteiger partial charge in [0.2, 0.25) is 5.91 Å². The number of nitrogens with one attached hydrogen (secondary N) is 1. The zero-order valence-corrected chi connectivity index (χ0v) is 53.3. The predicted molar refractivity (Wildman–Crippen MR) is 335 cm³/mol. The minimum atomic E-state index is -4.70. The molecule has 3 unspecified atom stereocenters. The van der Waals surface area contributed by atoms with Crippen molar-refractivity contribution in [2.24, 2.45) is 0 Å². The molecule has 0 bridgehead atoms. The number of hydrogen-bond acceptors (Lipinski definition) is 7. The first-order chi connectivity index (χ1) is 37.9. The fourth-order valence-corrected chi connectivity index (χ4v) is 10.6. The van der Waals surface area contributed by atoms with Crippen LogP contribution in [0.2, 0.25) is 0 Å². The Bertz CT molecular complexity index is 1470. The van der Waals surface area contributed by atoms with Gasteiger partial charge in [-0.1, -0.05) is 275 Å². The van der Waals surface area contributed by atoms with E-state index in [1.165, 1.54) is 205 Å². The molecule has 1 amide bonds. The number of allylic oxidation sites excluding steroid dienone is 7. The van der Waals surface area contributed by atoms with Crippen LogP contribution in [0.5, 0.6) is 0 Å². The molecule has 0 aliphatic heterocycles. The SMILES string of the molecule is CC/C=C/C/C=C/CCCCCCCCCC(=O)OC(/C=C\CCCCCCCCCCCCC)C(COP(=O)([O-])OCC[N+](C)(C)C)NC(=O)CCCCCCCCCCCCCCCCC/C=C/CCCCCCCC.